The second kappa shape index (κ2) is 3.79. The summed E-state index contributed by atoms with van der Waals surface area (Å²) in [5, 5.41) is -1.57. The van der Waals surface area contributed by atoms with Crippen LogP contribution < -0.4 is 5.73 Å². The number of carbonyl (C=O) groups excluding carboxylic acids is 1. The third-order valence-electron chi connectivity index (χ3n) is 1.29. The fraction of sp³-hybridized carbons (Fsp3) is 0.500. The van der Waals surface area contributed by atoms with E-state index in [0.29, 0.717) is 0 Å². The Balaban J connectivity index is 4.83. The molecule has 1 atom stereocenters. The number of carbonyl (C=O) groups is 1. The highest BCUT2D eigenvalue weighted by Crippen LogP contribution is 2.04. The van der Waals surface area contributed by atoms with E-state index < -0.39 is 27.7 Å². The van der Waals surface area contributed by atoms with E-state index >= 15 is 0 Å². The molecule has 0 radical (unpaired) electrons. The van der Waals surface area contributed by atoms with Crippen molar-refractivity contribution in [3.05, 3.63) is 12.2 Å². The highest BCUT2D eigenvalue weighted by molar-refractivity contribution is 7.87. The van der Waals surface area contributed by atoms with E-state index in [1.165, 1.54) is 6.92 Å². The van der Waals surface area contributed by atoms with Crippen LogP contribution in [0.15, 0.2) is 12.2 Å². The molecule has 0 saturated carbocycles. The van der Waals surface area contributed by atoms with Gasteiger partial charge in [-0.15, -0.1) is 0 Å². The fourth-order valence-electron chi connectivity index (χ4n) is 0.639. The van der Waals surface area contributed by atoms with Crippen molar-refractivity contribution < 1.29 is 17.8 Å². The van der Waals surface area contributed by atoms with E-state index in [0.717, 1.165) is 0 Å². The highest BCUT2D eigenvalue weighted by atomic mass is 32.2. The van der Waals surface area contributed by atoms with Crippen LogP contribution in [0.2, 0.25) is 0 Å². The Morgan fingerprint density at radius 2 is 2.08 bits per heavy atom. The Bertz CT molecular complexity index is 293. The van der Waals surface area contributed by atoms with Gasteiger partial charge in [-0.05, 0) is 12.5 Å². The first kappa shape index (κ1) is 11.3. The largest absolute Gasteiger partial charge is 0.329 e. The molecule has 1 unspecified atom stereocenters. The lowest BCUT2D eigenvalue weighted by atomic mass is 10.1. The fourth-order valence-corrected chi connectivity index (χ4v) is 1.35. The van der Waals surface area contributed by atoms with Gasteiger partial charge in [0.05, 0.1) is 0 Å². The molecule has 0 bridgehead atoms. The van der Waals surface area contributed by atoms with Crippen molar-refractivity contribution in [2.24, 2.45) is 5.73 Å². The van der Waals surface area contributed by atoms with Gasteiger partial charge in [-0.3, -0.25) is 9.35 Å². The highest BCUT2D eigenvalue weighted by Gasteiger charge is 2.29. The van der Waals surface area contributed by atoms with Crippen molar-refractivity contribution in [2.45, 2.75) is 12.2 Å². The van der Waals surface area contributed by atoms with E-state index in [2.05, 4.69) is 6.58 Å². The summed E-state index contributed by atoms with van der Waals surface area (Å²) >= 11 is 0. The third kappa shape index (κ3) is 2.72. The molecule has 6 heteroatoms. The molecule has 0 heterocycles. The zero-order valence-electron chi connectivity index (χ0n) is 6.65. The Kier molecular flexibility index (Phi) is 3.56. The molecule has 0 aromatic rings. The molecule has 12 heavy (non-hydrogen) atoms. The molecule has 0 amide bonds. The summed E-state index contributed by atoms with van der Waals surface area (Å²) in [5.41, 5.74) is 5.05. The minimum absolute atomic E-state index is 0.0584. The SMILES string of the molecule is C=C(C)C(=O)C(CN)S(=O)(=O)O. The first-order chi connectivity index (χ1) is 5.30. The minimum atomic E-state index is -4.39. The Labute approximate surface area is 71.0 Å². The van der Waals surface area contributed by atoms with Gasteiger partial charge in [0.15, 0.2) is 11.0 Å². The summed E-state index contributed by atoms with van der Waals surface area (Å²) in [5.74, 6) is -0.750. The van der Waals surface area contributed by atoms with Crippen LogP contribution in [-0.2, 0) is 14.9 Å². The van der Waals surface area contributed by atoms with Crippen molar-refractivity contribution in [3.8, 4) is 0 Å². The van der Waals surface area contributed by atoms with Gasteiger partial charge in [0.1, 0.15) is 0 Å². The molecule has 0 spiro atoms. The molecule has 3 N–H and O–H groups in total. The number of rotatable bonds is 4. The molecule has 0 aromatic heterocycles. The maximum absolute atomic E-state index is 11.0. The predicted molar refractivity (Wildman–Crippen MR) is 44.2 cm³/mol. The lowest BCUT2D eigenvalue weighted by Gasteiger charge is -2.08. The molecule has 0 aliphatic heterocycles. The summed E-state index contributed by atoms with van der Waals surface area (Å²) in [6.45, 7) is 4.17. The maximum atomic E-state index is 11.0. The normalized spacial score (nSPS) is 13.9. The molecule has 0 fully saturated rings. The van der Waals surface area contributed by atoms with Crippen molar-refractivity contribution >= 4 is 15.9 Å². The van der Waals surface area contributed by atoms with Crippen molar-refractivity contribution in [3.63, 3.8) is 0 Å². The number of allylic oxidation sites excluding steroid dienone is 1. The number of Topliss-reactive ketones (excluding diaryl/α,β-unsaturated/α-hetero) is 1. The van der Waals surface area contributed by atoms with Gasteiger partial charge < -0.3 is 5.73 Å². The van der Waals surface area contributed by atoms with Crippen molar-refractivity contribution in [2.75, 3.05) is 6.54 Å². The topological polar surface area (TPSA) is 97.5 Å². The molecule has 0 aliphatic rings. The second-order valence-corrected chi connectivity index (χ2v) is 3.98. The molecular weight excluding hydrogens is 182 g/mol. The summed E-state index contributed by atoms with van der Waals surface area (Å²) in [6, 6.07) is 0. The van der Waals surface area contributed by atoms with E-state index in [1.807, 2.05) is 0 Å². The van der Waals surface area contributed by atoms with Gasteiger partial charge in [0, 0.05) is 6.54 Å². The quantitative estimate of drug-likeness (QED) is 0.456. The zero-order valence-corrected chi connectivity index (χ0v) is 7.47. The smallest absolute Gasteiger partial charge is 0.276 e. The lowest BCUT2D eigenvalue weighted by Crippen LogP contribution is -2.37. The van der Waals surface area contributed by atoms with Crippen LogP contribution >= 0.6 is 0 Å². The molecule has 0 aliphatic carbocycles. The molecule has 0 rings (SSSR count). The van der Waals surface area contributed by atoms with Crippen LogP contribution in [0.1, 0.15) is 6.92 Å². The molecule has 0 saturated heterocycles. The van der Waals surface area contributed by atoms with Gasteiger partial charge in [0.25, 0.3) is 10.1 Å². The first-order valence-electron chi connectivity index (χ1n) is 3.16. The Morgan fingerprint density at radius 1 is 1.67 bits per heavy atom. The minimum Gasteiger partial charge on any atom is -0.329 e. The summed E-state index contributed by atoms with van der Waals surface area (Å²) in [4.78, 5) is 11.0. The Hall–Kier alpha value is -0.720. The number of hydrogen-bond acceptors (Lipinski definition) is 4. The van der Waals surface area contributed by atoms with E-state index in [-0.39, 0.29) is 5.57 Å². The molecule has 0 aromatic carbocycles. The van der Waals surface area contributed by atoms with Crippen LogP contribution in [0.25, 0.3) is 0 Å². The van der Waals surface area contributed by atoms with Crippen LogP contribution in [0.3, 0.4) is 0 Å². The summed E-state index contributed by atoms with van der Waals surface area (Å²) in [7, 11) is -4.39. The monoisotopic (exact) mass is 193 g/mol. The summed E-state index contributed by atoms with van der Waals surface area (Å²) in [6.07, 6.45) is 0. The lowest BCUT2D eigenvalue weighted by molar-refractivity contribution is -0.115. The predicted octanol–water partition coefficient (Wildman–Crippen LogP) is -0.653. The Morgan fingerprint density at radius 3 is 2.17 bits per heavy atom. The molecule has 70 valence electrons. The number of ketones is 1. The third-order valence-corrected chi connectivity index (χ3v) is 2.41. The van der Waals surface area contributed by atoms with Gasteiger partial charge >= 0.3 is 0 Å². The standard InChI is InChI=1S/C6H11NO4S/c1-4(2)6(8)5(3-7)12(9,10)11/h5H,1,3,7H2,2H3,(H,9,10,11). The number of hydrogen-bond donors (Lipinski definition) is 2. The van der Waals surface area contributed by atoms with Crippen LogP contribution in [0.4, 0.5) is 0 Å². The van der Waals surface area contributed by atoms with Crippen LogP contribution in [0, 0.1) is 0 Å². The number of nitrogens with two attached hydrogens (primary N) is 1. The van der Waals surface area contributed by atoms with Crippen LogP contribution in [-0.4, -0.2) is 30.5 Å². The van der Waals surface area contributed by atoms with Gasteiger partial charge in [-0.1, -0.05) is 6.58 Å². The van der Waals surface area contributed by atoms with Crippen molar-refractivity contribution in [1.29, 1.82) is 0 Å². The van der Waals surface area contributed by atoms with E-state index in [1.54, 1.807) is 0 Å². The summed E-state index contributed by atoms with van der Waals surface area (Å²) < 4.78 is 29.6. The molecule has 5 nitrogen and oxygen atoms in total. The molecular formula is C6H11NO4S. The average molecular weight is 193 g/mol. The van der Waals surface area contributed by atoms with Crippen molar-refractivity contribution in [1.82, 2.24) is 0 Å². The second-order valence-electron chi connectivity index (χ2n) is 2.38. The van der Waals surface area contributed by atoms with E-state index in [4.69, 9.17) is 10.3 Å². The van der Waals surface area contributed by atoms with E-state index in [9.17, 15) is 13.2 Å². The van der Waals surface area contributed by atoms with Crippen LogP contribution in [0.5, 0.6) is 0 Å². The average Bonchev–Trinajstić information content (AvgIpc) is 1.85. The first-order valence-corrected chi connectivity index (χ1v) is 4.67. The van der Waals surface area contributed by atoms with Gasteiger partial charge in [-0.25, -0.2) is 0 Å². The zero-order chi connectivity index (χ0) is 9.94. The maximum Gasteiger partial charge on any atom is 0.276 e. The van der Waals surface area contributed by atoms with Gasteiger partial charge in [-0.2, -0.15) is 8.42 Å². The van der Waals surface area contributed by atoms with Gasteiger partial charge in [0.2, 0.25) is 0 Å².